The van der Waals surface area contributed by atoms with Crippen molar-refractivity contribution in [1.29, 1.82) is 0 Å². The molecule has 0 radical (unpaired) electrons. The summed E-state index contributed by atoms with van der Waals surface area (Å²) in [5.41, 5.74) is 0. The van der Waals surface area contributed by atoms with Gasteiger partial charge in [-0.05, 0) is 0 Å². The standard InChI is InChI=1S/C8H15NO/c1-4-5-9-6-8(10)7(2)3/h4,7,9H,1,5-6H2,2-3H3. The van der Waals surface area contributed by atoms with Crippen molar-refractivity contribution in [2.24, 2.45) is 5.92 Å². The summed E-state index contributed by atoms with van der Waals surface area (Å²) in [5.74, 6) is 0.388. The van der Waals surface area contributed by atoms with Gasteiger partial charge in [0.05, 0.1) is 6.54 Å². The second-order valence-corrected chi connectivity index (χ2v) is 2.54. The van der Waals surface area contributed by atoms with E-state index < -0.39 is 0 Å². The third kappa shape index (κ3) is 4.27. The Morgan fingerprint density at radius 3 is 2.70 bits per heavy atom. The molecule has 0 unspecified atom stereocenters. The molecule has 0 bridgehead atoms. The normalized spacial score (nSPS) is 9.90. The van der Waals surface area contributed by atoms with Crippen molar-refractivity contribution in [3.63, 3.8) is 0 Å². The molecule has 0 aliphatic carbocycles. The summed E-state index contributed by atoms with van der Waals surface area (Å²) in [6, 6.07) is 0. The van der Waals surface area contributed by atoms with Crippen molar-refractivity contribution in [3.05, 3.63) is 12.7 Å². The molecule has 0 heterocycles. The molecule has 0 amide bonds. The van der Waals surface area contributed by atoms with Gasteiger partial charge in [0.25, 0.3) is 0 Å². The van der Waals surface area contributed by atoms with Crippen molar-refractivity contribution in [2.45, 2.75) is 13.8 Å². The van der Waals surface area contributed by atoms with Crippen molar-refractivity contribution in [3.8, 4) is 0 Å². The Morgan fingerprint density at radius 2 is 2.30 bits per heavy atom. The molecule has 0 aromatic carbocycles. The maximum atomic E-state index is 10.9. The van der Waals surface area contributed by atoms with Crippen LogP contribution in [0.3, 0.4) is 0 Å². The largest absolute Gasteiger partial charge is 0.307 e. The van der Waals surface area contributed by atoms with Gasteiger partial charge in [-0.25, -0.2) is 0 Å². The fourth-order valence-corrected chi connectivity index (χ4v) is 0.502. The van der Waals surface area contributed by atoms with Gasteiger partial charge in [-0.3, -0.25) is 4.79 Å². The van der Waals surface area contributed by atoms with Crippen LogP contribution in [0, 0.1) is 5.92 Å². The van der Waals surface area contributed by atoms with Gasteiger partial charge in [-0.15, -0.1) is 6.58 Å². The number of nitrogens with one attached hydrogen (secondary N) is 1. The maximum Gasteiger partial charge on any atom is 0.149 e. The second kappa shape index (κ2) is 5.18. The van der Waals surface area contributed by atoms with Crippen LogP contribution in [-0.2, 0) is 4.79 Å². The average Bonchev–Trinajstić information content (AvgIpc) is 1.88. The highest BCUT2D eigenvalue weighted by Gasteiger charge is 2.04. The van der Waals surface area contributed by atoms with Gasteiger partial charge in [-0.2, -0.15) is 0 Å². The predicted molar refractivity (Wildman–Crippen MR) is 42.9 cm³/mol. The van der Waals surface area contributed by atoms with E-state index >= 15 is 0 Å². The van der Waals surface area contributed by atoms with Crippen LogP contribution in [0.25, 0.3) is 0 Å². The first kappa shape index (κ1) is 9.37. The second-order valence-electron chi connectivity index (χ2n) is 2.54. The summed E-state index contributed by atoms with van der Waals surface area (Å²) in [4.78, 5) is 10.9. The van der Waals surface area contributed by atoms with Gasteiger partial charge in [0.15, 0.2) is 0 Å². The molecule has 0 rings (SSSR count). The monoisotopic (exact) mass is 141 g/mol. The number of carbonyl (C=O) groups is 1. The zero-order chi connectivity index (χ0) is 7.98. The molecule has 0 saturated heterocycles. The third-order valence-electron chi connectivity index (χ3n) is 1.23. The minimum absolute atomic E-state index is 0.136. The van der Waals surface area contributed by atoms with Crippen molar-refractivity contribution in [1.82, 2.24) is 5.32 Å². The van der Waals surface area contributed by atoms with Gasteiger partial charge < -0.3 is 5.32 Å². The highest BCUT2D eigenvalue weighted by molar-refractivity contribution is 5.82. The van der Waals surface area contributed by atoms with E-state index in [1.165, 1.54) is 0 Å². The number of hydrogen-bond donors (Lipinski definition) is 1. The summed E-state index contributed by atoms with van der Waals surface area (Å²) in [7, 11) is 0. The summed E-state index contributed by atoms with van der Waals surface area (Å²) >= 11 is 0. The molecule has 2 nitrogen and oxygen atoms in total. The number of rotatable bonds is 5. The molecule has 0 aromatic heterocycles. The van der Waals surface area contributed by atoms with Crippen LogP contribution >= 0.6 is 0 Å². The number of carbonyl (C=O) groups excluding carboxylic acids is 1. The smallest absolute Gasteiger partial charge is 0.149 e. The van der Waals surface area contributed by atoms with Crippen LogP contribution in [0.1, 0.15) is 13.8 Å². The number of Topliss-reactive ketones (excluding diaryl/α,β-unsaturated/α-hetero) is 1. The minimum Gasteiger partial charge on any atom is -0.307 e. The highest BCUT2D eigenvalue weighted by Crippen LogP contribution is 1.91. The van der Waals surface area contributed by atoms with Crippen LogP contribution in [-0.4, -0.2) is 18.9 Å². The van der Waals surface area contributed by atoms with E-state index in [1.54, 1.807) is 6.08 Å². The SMILES string of the molecule is C=CCNCC(=O)C(C)C. The molecule has 0 aromatic rings. The first-order valence-electron chi connectivity index (χ1n) is 3.52. The van der Waals surface area contributed by atoms with E-state index in [0.29, 0.717) is 13.1 Å². The van der Waals surface area contributed by atoms with Gasteiger partial charge in [0, 0.05) is 12.5 Å². The fourth-order valence-electron chi connectivity index (χ4n) is 0.502. The van der Waals surface area contributed by atoms with E-state index in [4.69, 9.17) is 0 Å². The molecule has 0 aliphatic rings. The molecule has 0 saturated carbocycles. The van der Waals surface area contributed by atoms with Gasteiger partial charge >= 0.3 is 0 Å². The number of ketones is 1. The Labute approximate surface area is 62.3 Å². The Hall–Kier alpha value is -0.630. The minimum atomic E-state index is 0.136. The molecule has 1 N–H and O–H groups in total. The zero-order valence-electron chi connectivity index (χ0n) is 6.68. The first-order chi connectivity index (χ1) is 4.68. The topological polar surface area (TPSA) is 29.1 Å². The zero-order valence-corrected chi connectivity index (χ0v) is 6.68. The van der Waals surface area contributed by atoms with Crippen LogP contribution < -0.4 is 5.32 Å². The number of hydrogen-bond acceptors (Lipinski definition) is 2. The highest BCUT2D eigenvalue weighted by atomic mass is 16.1. The van der Waals surface area contributed by atoms with Crippen LogP contribution in [0.2, 0.25) is 0 Å². The maximum absolute atomic E-state index is 10.9. The van der Waals surface area contributed by atoms with Crippen molar-refractivity contribution in [2.75, 3.05) is 13.1 Å². The van der Waals surface area contributed by atoms with E-state index in [0.717, 1.165) is 0 Å². The lowest BCUT2D eigenvalue weighted by Crippen LogP contribution is -2.25. The fraction of sp³-hybridized carbons (Fsp3) is 0.625. The molecule has 58 valence electrons. The van der Waals surface area contributed by atoms with Gasteiger partial charge in [-0.1, -0.05) is 19.9 Å². The van der Waals surface area contributed by atoms with Gasteiger partial charge in [0.2, 0.25) is 0 Å². The molecule has 0 spiro atoms. The van der Waals surface area contributed by atoms with Crippen molar-refractivity contribution >= 4 is 5.78 Å². The predicted octanol–water partition coefficient (Wildman–Crippen LogP) is 0.987. The van der Waals surface area contributed by atoms with E-state index in [9.17, 15) is 4.79 Å². The molecular weight excluding hydrogens is 126 g/mol. The Kier molecular flexibility index (Phi) is 4.85. The van der Waals surface area contributed by atoms with Crippen LogP contribution in [0.5, 0.6) is 0 Å². The van der Waals surface area contributed by atoms with E-state index in [1.807, 2.05) is 13.8 Å². The quantitative estimate of drug-likeness (QED) is 0.457. The lowest BCUT2D eigenvalue weighted by atomic mass is 10.1. The molecule has 0 fully saturated rings. The molecule has 2 heteroatoms. The van der Waals surface area contributed by atoms with Crippen LogP contribution in [0.4, 0.5) is 0 Å². The molecule has 0 atom stereocenters. The summed E-state index contributed by atoms with van der Waals surface area (Å²) in [6.07, 6.45) is 1.74. The summed E-state index contributed by atoms with van der Waals surface area (Å²) in [6.45, 7) is 8.50. The Balaban J connectivity index is 3.30. The van der Waals surface area contributed by atoms with E-state index in [-0.39, 0.29) is 11.7 Å². The lowest BCUT2D eigenvalue weighted by molar-refractivity contribution is -0.120. The Morgan fingerprint density at radius 1 is 1.70 bits per heavy atom. The lowest BCUT2D eigenvalue weighted by Gasteiger charge is -2.02. The van der Waals surface area contributed by atoms with Crippen molar-refractivity contribution < 1.29 is 4.79 Å². The molecule has 0 aliphatic heterocycles. The summed E-state index contributed by atoms with van der Waals surface area (Å²) < 4.78 is 0. The molecule has 10 heavy (non-hydrogen) atoms. The first-order valence-corrected chi connectivity index (χ1v) is 3.52. The van der Waals surface area contributed by atoms with E-state index in [2.05, 4.69) is 11.9 Å². The third-order valence-corrected chi connectivity index (χ3v) is 1.23. The molecular formula is C8H15NO. The summed E-state index contributed by atoms with van der Waals surface area (Å²) in [5, 5.41) is 2.95. The average molecular weight is 141 g/mol. The van der Waals surface area contributed by atoms with Gasteiger partial charge in [0.1, 0.15) is 5.78 Å². The Bertz CT molecular complexity index is 118. The van der Waals surface area contributed by atoms with Crippen LogP contribution in [0.15, 0.2) is 12.7 Å².